The fraction of sp³-hybridized carbons (Fsp3) is 0.429. The minimum atomic E-state index is -0.565. The summed E-state index contributed by atoms with van der Waals surface area (Å²) in [7, 11) is 0. The molecule has 21 heavy (non-hydrogen) atoms. The van der Waals surface area contributed by atoms with Gasteiger partial charge in [0, 0.05) is 12.1 Å². The van der Waals surface area contributed by atoms with Crippen LogP contribution in [0.4, 0.5) is 0 Å². The second-order valence-corrected chi connectivity index (χ2v) is 5.21. The monoisotopic (exact) mass is 287 g/mol. The number of benzene rings is 1. The second-order valence-electron chi connectivity index (χ2n) is 5.21. The summed E-state index contributed by atoms with van der Waals surface area (Å²) in [5.41, 5.74) is 0.373. The van der Waals surface area contributed by atoms with Crippen LogP contribution in [0.25, 0.3) is 0 Å². The zero-order valence-corrected chi connectivity index (χ0v) is 11.8. The van der Waals surface area contributed by atoms with Crippen LogP contribution in [0.2, 0.25) is 0 Å². The highest BCUT2D eigenvalue weighted by Crippen LogP contribution is 2.38. The maximum Gasteiger partial charge on any atom is 0.230 e. The molecule has 7 nitrogen and oxygen atoms in total. The van der Waals surface area contributed by atoms with Crippen molar-refractivity contribution in [2.24, 2.45) is 0 Å². The van der Waals surface area contributed by atoms with Crippen LogP contribution < -0.4 is 10.1 Å². The molecule has 0 radical (unpaired) electrons. The molecule has 2 aromatic rings. The number of carbonyl (C=O) groups excluding carboxylic acids is 1. The van der Waals surface area contributed by atoms with Crippen molar-refractivity contribution in [1.29, 1.82) is 0 Å². The molecule has 1 aromatic heterocycles. The van der Waals surface area contributed by atoms with Crippen LogP contribution in [0.15, 0.2) is 30.6 Å². The lowest BCUT2D eigenvalue weighted by Gasteiger charge is -2.34. The molecule has 0 fully saturated rings. The number of rotatable bonds is 4. The molecule has 0 saturated heterocycles. The Morgan fingerprint density at radius 3 is 3.14 bits per heavy atom. The highest BCUT2D eigenvalue weighted by Gasteiger charge is 2.39. The third-order valence-electron chi connectivity index (χ3n) is 3.83. The summed E-state index contributed by atoms with van der Waals surface area (Å²) >= 11 is 0. The number of hydrogen-bond donors (Lipinski definition) is 1. The first-order chi connectivity index (χ1) is 10.2. The molecule has 1 aromatic carbocycles. The van der Waals surface area contributed by atoms with E-state index in [1.54, 1.807) is 0 Å². The van der Waals surface area contributed by atoms with Gasteiger partial charge in [-0.1, -0.05) is 18.2 Å². The van der Waals surface area contributed by atoms with Crippen molar-refractivity contribution >= 4 is 5.91 Å². The number of ether oxygens (including phenoxy) is 1. The van der Waals surface area contributed by atoms with E-state index in [1.165, 1.54) is 11.1 Å². The van der Waals surface area contributed by atoms with E-state index in [1.807, 2.05) is 31.2 Å². The summed E-state index contributed by atoms with van der Waals surface area (Å²) in [4.78, 5) is 14.0. The van der Waals surface area contributed by atoms with E-state index in [2.05, 4.69) is 20.7 Å². The van der Waals surface area contributed by atoms with Crippen molar-refractivity contribution < 1.29 is 9.53 Å². The van der Waals surface area contributed by atoms with Crippen LogP contribution in [-0.2, 0) is 16.8 Å². The molecule has 1 atom stereocenters. The van der Waals surface area contributed by atoms with Crippen LogP contribution in [0, 0.1) is 0 Å². The van der Waals surface area contributed by atoms with E-state index in [4.69, 9.17) is 4.74 Å². The molecule has 1 aliphatic heterocycles. The van der Waals surface area contributed by atoms with Crippen LogP contribution in [0.3, 0.4) is 0 Å². The average Bonchev–Trinajstić information content (AvgIpc) is 3.01. The number of carbonyl (C=O) groups is 1. The molecule has 110 valence electrons. The standard InChI is InChI=1S/C14H17N5O2/c1-14(6-9-21-12-5-3-2-4-11(12)14)13(20)15-7-8-19-17-10-16-18-19/h2-5,10H,6-9H2,1H3,(H,15,20). The molecular formula is C14H17N5O2. The van der Waals surface area contributed by atoms with Crippen molar-refractivity contribution in [3.8, 4) is 5.75 Å². The fourth-order valence-electron chi connectivity index (χ4n) is 2.54. The number of para-hydroxylation sites is 1. The first-order valence-electron chi connectivity index (χ1n) is 6.91. The lowest BCUT2D eigenvalue weighted by atomic mass is 9.77. The van der Waals surface area contributed by atoms with Gasteiger partial charge in [-0.2, -0.15) is 4.80 Å². The van der Waals surface area contributed by atoms with Crippen molar-refractivity contribution in [2.75, 3.05) is 13.2 Å². The summed E-state index contributed by atoms with van der Waals surface area (Å²) in [6, 6.07) is 7.70. The van der Waals surface area contributed by atoms with Crippen molar-refractivity contribution in [2.45, 2.75) is 25.3 Å². The Morgan fingerprint density at radius 2 is 2.33 bits per heavy atom. The number of tetrazole rings is 1. The molecule has 2 heterocycles. The van der Waals surface area contributed by atoms with E-state index in [-0.39, 0.29) is 5.91 Å². The first kappa shape index (κ1) is 13.5. The van der Waals surface area contributed by atoms with Crippen LogP contribution in [-0.4, -0.2) is 39.3 Å². The molecule has 1 aliphatic rings. The van der Waals surface area contributed by atoms with Gasteiger partial charge in [0.1, 0.15) is 5.75 Å². The molecule has 0 spiro atoms. The Kier molecular flexibility index (Phi) is 3.55. The SMILES string of the molecule is CC1(C(=O)NCCn2ncnn2)CCOc2ccccc21. The number of nitrogens with one attached hydrogen (secondary N) is 1. The van der Waals surface area contributed by atoms with Crippen LogP contribution >= 0.6 is 0 Å². The lowest BCUT2D eigenvalue weighted by Crippen LogP contribution is -2.46. The Morgan fingerprint density at radius 1 is 1.48 bits per heavy atom. The Labute approximate surface area is 122 Å². The zero-order valence-electron chi connectivity index (χ0n) is 11.8. The molecule has 3 rings (SSSR count). The van der Waals surface area contributed by atoms with Gasteiger partial charge in [-0.05, 0) is 24.6 Å². The van der Waals surface area contributed by atoms with Gasteiger partial charge in [-0.3, -0.25) is 4.79 Å². The molecule has 7 heteroatoms. The van der Waals surface area contributed by atoms with Gasteiger partial charge < -0.3 is 10.1 Å². The second kappa shape index (κ2) is 5.51. The molecule has 1 unspecified atom stereocenters. The number of fused-ring (bicyclic) bond motifs is 1. The molecule has 0 bridgehead atoms. The van der Waals surface area contributed by atoms with Gasteiger partial charge in [0.25, 0.3) is 0 Å². The minimum absolute atomic E-state index is 0.00151. The predicted molar refractivity (Wildman–Crippen MR) is 74.7 cm³/mol. The number of hydrogen-bond acceptors (Lipinski definition) is 5. The Hall–Kier alpha value is -2.44. The summed E-state index contributed by atoms with van der Waals surface area (Å²) in [6.45, 7) is 3.47. The largest absolute Gasteiger partial charge is 0.493 e. The quantitative estimate of drug-likeness (QED) is 0.887. The van der Waals surface area contributed by atoms with Gasteiger partial charge in [-0.25, -0.2) is 0 Å². The van der Waals surface area contributed by atoms with Gasteiger partial charge in [-0.15, -0.1) is 10.2 Å². The molecule has 0 aliphatic carbocycles. The maximum atomic E-state index is 12.6. The summed E-state index contributed by atoms with van der Waals surface area (Å²) < 4.78 is 5.62. The van der Waals surface area contributed by atoms with E-state index < -0.39 is 5.41 Å². The normalized spacial score (nSPS) is 20.4. The van der Waals surface area contributed by atoms with E-state index in [0.717, 1.165) is 11.3 Å². The fourth-order valence-corrected chi connectivity index (χ4v) is 2.54. The van der Waals surface area contributed by atoms with E-state index in [9.17, 15) is 4.79 Å². The zero-order chi connectivity index (χ0) is 14.7. The Bertz CT molecular complexity index is 628. The topological polar surface area (TPSA) is 81.9 Å². The van der Waals surface area contributed by atoms with Gasteiger partial charge in [0.05, 0.1) is 18.6 Å². The van der Waals surface area contributed by atoms with E-state index in [0.29, 0.717) is 26.1 Å². The third-order valence-corrected chi connectivity index (χ3v) is 3.83. The van der Waals surface area contributed by atoms with Gasteiger partial charge in [0.15, 0.2) is 6.33 Å². The highest BCUT2D eigenvalue weighted by molar-refractivity contribution is 5.88. The summed E-state index contributed by atoms with van der Waals surface area (Å²) in [5.74, 6) is 0.790. The van der Waals surface area contributed by atoms with Gasteiger partial charge >= 0.3 is 0 Å². The van der Waals surface area contributed by atoms with Gasteiger partial charge in [0.2, 0.25) is 5.91 Å². The van der Waals surface area contributed by atoms with Crippen molar-refractivity contribution in [3.05, 3.63) is 36.2 Å². The van der Waals surface area contributed by atoms with Crippen molar-refractivity contribution in [1.82, 2.24) is 25.5 Å². The summed E-state index contributed by atoms with van der Waals surface area (Å²) in [5, 5.41) is 14.2. The average molecular weight is 287 g/mol. The predicted octanol–water partition coefficient (Wildman–Crippen LogP) is 0.530. The van der Waals surface area contributed by atoms with Crippen LogP contribution in [0.1, 0.15) is 18.9 Å². The molecule has 1 amide bonds. The third kappa shape index (κ3) is 2.58. The molecule has 0 saturated carbocycles. The van der Waals surface area contributed by atoms with Crippen LogP contribution in [0.5, 0.6) is 5.75 Å². The smallest absolute Gasteiger partial charge is 0.230 e. The Balaban J connectivity index is 1.69. The first-order valence-corrected chi connectivity index (χ1v) is 6.91. The maximum absolute atomic E-state index is 12.6. The number of amides is 1. The molecule has 1 N–H and O–H groups in total. The number of aromatic nitrogens is 4. The highest BCUT2D eigenvalue weighted by atomic mass is 16.5. The minimum Gasteiger partial charge on any atom is -0.493 e. The lowest BCUT2D eigenvalue weighted by molar-refractivity contribution is -0.127. The number of nitrogens with zero attached hydrogens (tertiary/aromatic N) is 4. The van der Waals surface area contributed by atoms with Crippen molar-refractivity contribution in [3.63, 3.8) is 0 Å². The summed E-state index contributed by atoms with van der Waals surface area (Å²) in [6.07, 6.45) is 2.04. The van der Waals surface area contributed by atoms with E-state index >= 15 is 0 Å². The molecular weight excluding hydrogens is 270 g/mol.